The predicted octanol–water partition coefficient (Wildman–Crippen LogP) is 4.05. The molecule has 0 amide bonds. The van der Waals surface area contributed by atoms with E-state index in [1.54, 1.807) is 0 Å². The third kappa shape index (κ3) is 4.58. The number of hydrogen-bond acceptors (Lipinski definition) is 2. The van der Waals surface area contributed by atoms with E-state index in [0.29, 0.717) is 6.04 Å². The fourth-order valence-electron chi connectivity index (χ4n) is 2.34. The molecule has 0 fully saturated rings. The van der Waals surface area contributed by atoms with Gasteiger partial charge in [0.15, 0.2) is 0 Å². The van der Waals surface area contributed by atoms with Crippen molar-refractivity contribution in [2.75, 3.05) is 0 Å². The zero-order chi connectivity index (χ0) is 15.5. The molecule has 1 aromatic heterocycles. The maximum atomic E-state index is 6.02. The Hall–Kier alpha value is -1.32. The third-order valence-corrected chi connectivity index (χ3v) is 4.08. The van der Waals surface area contributed by atoms with Crippen LogP contribution in [-0.4, -0.2) is 15.6 Å². The summed E-state index contributed by atoms with van der Waals surface area (Å²) in [6.07, 6.45) is 5.70. The second-order valence-corrected chi connectivity index (χ2v) is 7.07. The molecular weight excluding hydrogens is 282 g/mol. The summed E-state index contributed by atoms with van der Waals surface area (Å²) >= 11 is 6.02. The van der Waals surface area contributed by atoms with Gasteiger partial charge in [-0.25, -0.2) is 4.98 Å². The van der Waals surface area contributed by atoms with Gasteiger partial charge in [-0.05, 0) is 35.6 Å². The van der Waals surface area contributed by atoms with E-state index >= 15 is 0 Å². The molecule has 0 spiro atoms. The van der Waals surface area contributed by atoms with Gasteiger partial charge in [0.1, 0.15) is 0 Å². The van der Waals surface area contributed by atoms with Crippen LogP contribution in [0.25, 0.3) is 0 Å². The van der Waals surface area contributed by atoms with Gasteiger partial charge >= 0.3 is 0 Å². The summed E-state index contributed by atoms with van der Waals surface area (Å²) in [6, 6.07) is 6.43. The first-order valence-electron chi connectivity index (χ1n) is 7.30. The summed E-state index contributed by atoms with van der Waals surface area (Å²) in [4.78, 5) is 4.12. The summed E-state index contributed by atoms with van der Waals surface area (Å²) in [5.41, 5.74) is 2.69. The average molecular weight is 306 g/mol. The summed E-state index contributed by atoms with van der Waals surface area (Å²) in [5, 5.41) is 4.48. The minimum Gasteiger partial charge on any atom is -0.336 e. The van der Waals surface area contributed by atoms with Crippen LogP contribution in [0.3, 0.4) is 0 Å². The Balaban J connectivity index is 2.05. The molecule has 2 rings (SSSR count). The minimum absolute atomic E-state index is 0.171. The molecule has 114 valence electrons. The first-order valence-corrected chi connectivity index (χ1v) is 7.68. The molecule has 3 nitrogen and oxygen atoms in total. The van der Waals surface area contributed by atoms with Crippen LogP contribution in [0.1, 0.15) is 31.9 Å². The van der Waals surface area contributed by atoms with E-state index in [1.165, 1.54) is 11.1 Å². The van der Waals surface area contributed by atoms with Crippen LogP contribution in [0.4, 0.5) is 0 Å². The van der Waals surface area contributed by atoms with Gasteiger partial charge in [-0.15, -0.1) is 0 Å². The van der Waals surface area contributed by atoms with E-state index in [-0.39, 0.29) is 5.41 Å². The van der Waals surface area contributed by atoms with Gasteiger partial charge < -0.3 is 9.88 Å². The molecule has 1 N–H and O–H groups in total. The highest BCUT2D eigenvalue weighted by Gasteiger charge is 2.24. The SMILES string of the molecule is Cc1cc(Cl)ccc1CNC(Cn1ccnc1)C(C)(C)C. The standard InChI is InChI=1S/C17H24ClN3/c1-13-9-15(18)6-5-14(13)10-20-16(17(2,3)4)11-21-8-7-19-12-21/h5-9,12,16,20H,10-11H2,1-4H3. The lowest BCUT2D eigenvalue weighted by Gasteiger charge is -2.32. The molecule has 0 aliphatic heterocycles. The maximum absolute atomic E-state index is 6.02. The Morgan fingerprint density at radius 2 is 2.10 bits per heavy atom. The van der Waals surface area contributed by atoms with Gasteiger partial charge in [0.25, 0.3) is 0 Å². The first-order chi connectivity index (χ1) is 9.86. The molecule has 0 aliphatic rings. The number of aromatic nitrogens is 2. The molecule has 4 heteroatoms. The Morgan fingerprint density at radius 1 is 1.33 bits per heavy atom. The number of hydrogen-bond donors (Lipinski definition) is 1. The lowest BCUT2D eigenvalue weighted by atomic mass is 9.86. The van der Waals surface area contributed by atoms with Crippen LogP contribution in [0.2, 0.25) is 5.02 Å². The number of imidazole rings is 1. The summed E-state index contributed by atoms with van der Waals surface area (Å²) in [5.74, 6) is 0. The molecule has 0 saturated heterocycles. The molecule has 1 unspecified atom stereocenters. The van der Waals surface area contributed by atoms with Crippen molar-refractivity contribution in [3.63, 3.8) is 0 Å². The van der Waals surface area contributed by atoms with Gasteiger partial charge in [0.05, 0.1) is 6.33 Å². The third-order valence-electron chi connectivity index (χ3n) is 3.84. The van der Waals surface area contributed by atoms with Crippen LogP contribution in [0, 0.1) is 12.3 Å². The van der Waals surface area contributed by atoms with Gasteiger partial charge in [-0.1, -0.05) is 38.4 Å². The second-order valence-electron chi connectivity index (χ2n) is 6.63. The Morgan fingerprint density at radius 3 is 2.67 bits per heavy atom. The number of halogens is 1. The van der Waals surface area contributed by atoms with Crippen LogP contribution >= 0.6 is 11.6 Å². The van der Waals surface area contributed by atoms with Crippen molar-refractivity contribution in [2.45, 2.75) is 46.8 Å². The monoisotopic (exact) mass is 305 g/mol. The normalized spacial score (nSPS) is 13.4. The predicted molar refractivity (Wildman–Crippen MR) is 88.5 cm³/mol. The molecule has 1 heterocycles. The highest BCUT2D eigenvalue weighted by atomic mass is 35.5. The largest absolute Gasteiger partial charge is 0.336 e. The van der Waals surface area contributed by atoms with Crippen molar-refractivity contribution in [3.8, 4) is 0 Å². The molecule has 21 heavy (non-hydrogen) atoms. The van der Waals surface area contributed by atoms with E-state index in [9.17, 15) is 0 Å². The number of nitrogens with one attached hydrogen (secondary N) is 1. The lowest BCUT2D eigenvalue weighted by molar-refractivity contribution is 0.240. The summed E-state index contributed by atoms with van der Waals surface area (Å²) in [7, 11) is 0. The van der Waals surface area contributed by atoms with Crippen molar-refractivity contribution in [1.82, 2.24) is 14.9 Å². The van der Waals surface area contributed by atoms with Crippen LogP contribution in [0.5, 0.6) is 0 Å². The number of aryl methyl sites for hydroxylation is 1. The molecule has 1 atom stereocenters. The quantitative estimate of drug-likeness (QED) is 0.903. The first kappa shape index (κ1) is 16.1. The van der Waals surface area contributed by atoms with Crippen LogP contribution < -0.4 is 5.32 Å². The van der Waals surface area contributed by atoms with E-state index in [0.717, 1.165) is 18.1 Å². The van der Waals surface area contributed by atoms with Crippen molar-refractivity contribution in [3.05, 3.63) is 53.1 Å². The van der Waals surface area contributed by atoms with Crippen molar-refractivity contribution in [1.29, 1.82) is 0 Å². The number of rotatable bonds is 5. The number of nitrogens with zero attached hydrogens (tertiary/aromatic N) is 2. The Kier molecular flexibility index (Phi) is 5.07. The van der Waals surface area contributed by atoms with Crippen molar-refractivity contribution < 1.29 is 0 Å². The lowest BCUT2D eigenvalue weighted by Crippen LogP contribution is -2.43. The highest BCUT2D eigenvalue weighted by Crippen LogP contribution is 2.22. The van der Waals surface area contributed by atoms with Gasteiger partial charge in [0.2, 0.25) is 0 Å². The smallest absolute Gasteiger partial charge is 0.0946 e. The fraction of sp³-hybridized carbons (Fsp3) is 0.471. The van der Waals surface area contributed by atoms with E-state index < -0.39 is 0 Å². The molecular formula is C17H24ClN3. The number of benzene rings is 1. The fourth-order valence-corrected chi connectivity index (χ4v) is 2.57. The zero-order valence-electron chi connectivity index (χ0n) is 13.2. The van der Waals surface area contributed by atoms with Crippen molar-refractivity contribution in [2.24, 2.45) is 5.41 Å². The highest BCUT2D eigenvalue weighted by molar-refractivity contribution is 6.30. The summed E-state index contributed by atoms with van der Waals surface area (Å²) < 4.78 is 2.12. The van der Waals surface area contributed by atoms with Gasteiger partial charge in [0, 0.05) is 36.5 Å². The molecule has 0 radical (unpaired) electrons. The van der Waals surface area contributed by atoms with Crippen molar-refractivity contribution >= 4 is 11.6 Å². The van der Waals surface area contributed by atoms with E-state index in [4.69, 9.17) is 11.6 Å². The van der Waals surface area contributed by atoms with Gasteiger partial charge in [-0.2, -0.15) is 0 Å². The molecule has 0 bridgehead atoms. The van der Waals surface area contributed by atoms with Crippen LogP contribution in [-0.2, 0) is 13.1 Å². The molecule has 2 aromatic rings. The zero-order valence-corrected chi connectivity index (χ0v) is 14.0. The maximum Gasteiger partial charge on any atom is 0.0946 e. The molecule has 0 aliphatic carbocycles. The molecule has 0 saturated carbocycles. The van der Waals surface area contributed by atoms with E-state index in [2.05, 4.69) is 48.6 Å². The minimum atomic E-state index is 0.171. The molecule has 1 aromatic carbocycles. The topological polar surface area (TPSA) is 29.9 Å². The Bertz CT molecular complexity index is 570. The van der Waals surface area contributed by atoms with E-state index in [1.807, 2.05) is 30.9 Å². The van der Waals surface area contributed by atoms with Crippen LogP contribution in [0.15, 0.2) is 36.9 Å². The van der Waals surface area contributed by atoms with Gasteiger partial charge in [-0.3, -0.25) is 0 Å². The Labute approximate surface area is 132 Å². The average Bonchev–Trinajstić information content (AvgIpc) is 2.87. The summed E-state index contributed by atoms with van der Waals surface area (Å²) in [6.45, 7) is 10.6. The second kappa shape index (κ2) is 6.63.